The van der Waals surface area contributed by atoms with Gasteiger partial charge in [0.1, 0.15) is 5.82 Å². The van der Waals surface area contributed by atoms with Crippen LogP contribution in [0.2, 0.25) is 0 Å². The molecule has 230 valence electrons. The van der Waals surface area contributed by atoms with Gasteiger partial charge in [-0.25, -0.2) is 12.8 Å². The van der Waals surface area contributed by atoms with Crippen molar-refractivity contribution in [3.63, 3.8) is 0 Å². The lowest BCUT2D eigenvalue weighted by Crippen LogP contribution is -2.46. The number of alkyl halides is 3. The summed E-state index contributed by atoms with van der Waals surface area (Å²) < 4.78 is 84.2. The van der Waals surface area contributed by atoms with E-state index in [0.717, 1.165) is 43.5 Å². The van der Waals surface area contributed by atoms with Crippen LogP contribution in [0.25, 0.3) is 0 Å². The molecule has 2 fully saturated rings. The number of nitrogens with one attached hydrogen (secondary N) is 2. The van der Waals surface area contributed by atoms with Gasteiger partial charge in [-0.3, -0.25) is 4.79 Å². The zero-order valence-electron chi connectivity index (χ0n) is 24.0. The van der Waals surface area contributed by atoms with Gasteiger partial charge in [0.15, 0.2) is 0 Å². The summed E-state index contributed by atoms with van der Waals surface area (Å²) >= 11 is 0. The fourth-order valence-corrected chi connectivity index (χ4v) is 8.13. The van der Waals surface area contributed by atoms with Crippen LogP contribution in [0.4, 0.5) is 28.9 Å². The second-order valence-electron chi connectivity index (χ2n) is 11.5. The normalized spacial score (nSPS) is 20.2. The van der Waals surface area contributed by atoms with Gasteiger partial charge in [-0.15, -0.1) is 0 Å². The molecule has 0 aromatic heterocycles. The van der Waals surface area contributed by atoms with E-state index in [1.54, 1.807) is 19.1 Å². The van der Waals surface area contributed by atoms with Crippen LogP contribution >= 0.6 is 0 Å². The maximum atomic E-state index is 14.2. The van der Waals surface area contributed by atoms with Gasteiger partial charge >= 0.3 is 6.18 Å². The van der Waals surface area contributed by atoms with Crippen molar-refractivity contribution in [2.75, 3.05) is 17.2 Å². The molecule has 0 bridgehead atoms. The van der Waals surface area contributed by atoms with Crippen LogP contribution in [0.3, 0.4) is 0 Å². The van der Waals surface area contributed by atoms with E-state index in [1.165, 1.54) is 35.5 Å². The molecule has 1 saturated carbocycles. The molecule has 5 rings (SSSR count). The van der Waals surface area contributed by atoms with Crippen molar-refractivity contribution in [2.24, 2.45) is 5.92 Å². The number of piperidine rings is 1. The van der Waals surface area contributed by atoms with Crippen LogP contribution in [0.15, 0.2) is 65.6 Å². The van der Waals surface area contributed by atoms with Crippen molar-refractivity contribution >= 4 is 27.3 Å². The molecule has 1 heterocycles. The fourth-order valence-electron chi connectivity index (χ4n) is 6.21. The molecular weight excluding hydrogens is 582 g/mol. The highest BCUT2D eigenvalue weighted by atomic mass is 32.2. The second-order valence-corrected chi connectivity index (χ2v) is 13.3. The Balaban J connectivity index is 1.51. The molecule has 0 unspecified atom stereocenters. The summed E-state index contributed by atoms with van der Waals surface area (Å²) in [6, 6.07) is 13.8. The van der Waals surface area contributed by atoms with Crippen molar-refractivity contribution in [3.05, 3.63) is 88.7 Å². The Morgan fingerprint density at radius 3 is 2.19 bits per heavy atom. The number of nitrogens with zero attached hydrogens (tertiary/aromatic N) is 1. The number of halogens is 4. The first-order valence-electron chi connectivity index (χ1n) is 14.5. The lowest BCUT2D eigenvalue weighted by molar-refractivity contribution is -0.138. The van der Waals surface area contributed by atoms with E-state index in [0.29, 0.717) is 30.0 Å². The van der Waals surface area contributed by atoms with Crippen LogP contribution in [-0.4, -0.2) is 31.2 Å². The highest BCUT2D eigenvalue weighted by Gasteiger charge is 2.44. The van der Waals surface area contributed by atoms with E-state index in [1.807, 2.05) is 12.1 Å². The molecule has 1 aliphatic heterocycles. The monoisotopic (exact) mass is 617 g/mol. The molecule has 2 N–H and O–H groups in total. The van der Waals surface area contributed by atoms with Crippen LogP contribution in [0.1, 0.15) is 66.8 Å². The Bertz CT molecular complexity index is 1590. The Hall–Kier alpha value is -3.44. The first kappa shape index (κ1) is 31.0. The number of carbonyl (C=O) groups is 1. The van der Waals surface area contributed by atoms with Crippen LogP contribution < -0.4 is 10.6 Å². The number of hydrogen-bond acceptors (Lipinski definition) is 4. The number of amides is 1. The number of benzene rings is 3. The molecule has 6 nitrogen and oxygen atoms in total. The second kappa shape index (κ2) is 12.3. The Morgan fingerprint density at radius 1 is 0.860 bits per heavy atom. The largest absolute Gasteiger partial charge is 0.416 e. The molecule has 0 radical (unpaired) electrons. The van der Waals surface area contributed by atoms with Gasteiger partial charge in [-0.05, 0) is 92.6 Å². The third-order valence-corrected chi connectivity index (χ3v) is 10.5. The zero-order valence-corrected chi connectivity index (χ0v) is 24.9. The molecule has 1 amide bonds. The van der Waals surface area contributed by atoms with Crippen LogP contribution in [0, 0.1) is 25.6 Å². The summed E-state index contributed by atoms with van der Waals surface area (Å²) in [7, 11) is -4.26. The van der Waals surface area contributed by atoms with Crippen molar-refractivity contribution in [2.45, 2.75) is 75.5 Å². The maximum Gasteiger partial charge on any atom is 0.416 e. The molecular formula is C32H35F4N3O3S. The third-order valence-electron chi connectivity index (χ3n) is 8.45. The lowest BCUT2D eigenvalue weighted by Gasteiger charge is -2.40. The van der Waals surface area contributed by atoms with Crippen molar-refractivity contribution in [3.8, 4) is 0 Å². The lowest BCUT2D eigenvalue weighted by atomic mass is 9.85. The Morgan fingerprint density at radius 2 is 1.51 bits per heavy atom. The van der Waals surface area contributed by atoms with Crippen molar-refractivity contribution in [1.29, 1.82) is 0 Å². The summed E-state index contributed by atoms with van der Waals surface area (Å²) in [4.78, 5) is 13.5. The van der Waals surface area contributed by atoms with Crippen molar-refractivity contribution in [1.82, 2.24) is 4.31 Å². The average Bonchev–Trinajstić information content (AvgIpc) is 3.48. The van der Waals surface area contributed by atoms with Crippen LogP contribution in [0.5, 0.6) is 0 Å². The number of anilines is 2. The first-order valence-corrected chi connectivity index (χ1v) is 15.9. The number of aryl methyl sites for hydroxylation is 2. The highest BCUT2D eigenvalue weighted by Crippen LogP contribution is 2.42. The summed E-state index contributed by atoms with van der Waals surface area (Å²) in [5.41, 5.74) is 0.939. The van der Waals surface area contributed by atoms with Gasteiger partial charge < -0.3 is 10.6 Å². The topological polar surface area (TPSA) is 78.5 Å². The van der Waals surface area contributed by atoms with Gasteiger partial charge in [0, 0.05) is 24.0 Å². The number of rotatable bonds is 7. The van der Waals surface area contributed by atoms with Gasteiger partial charge in [0.2, 0.25) is 15.9 Å². The molecule has 43 heavy (non-hydrogen) atoms. The molecule has 2 aliphatic rings. The molecule has 11 heteroatoms. The molecule has 1 saturated heterocycles. The predicted octanol–water partition coefficient (Wildman–Crippen LogP) is 7.60. The minimum absolute atomic E-state index is 0.0232. The molecule has 1 aliphatic carbocycles. The van der Waals surface area contributed by atoms with Gasteiger partial charge in [-0.1, -0.05) is 37.1 Å². The molecule has 3 aromatic carbocycles. The van der Waals surface area contributed by atoms with E-state index in [-0.39, 0.29) is 22.7 Å². The fraction of sp³-hybridized carbons (Fsp3) is 0.406. The smallest absolute Gasteiger partial charge is 0.382 e. The number of hydrogen-bond donors (Lipinski definition) is 2. The summed E-state index contributed by atoms with van der Waals surface area (Å²) in [5.74, 6) is -2.21. The number of carbonyl (C=O) groups excluding carboxylic acids is 1. The van der Waals surface area contributed by atoms with Crippen molar-refractivity contribution < 1.29 is 30.8 Å². The molecule has 3 aromatic rings. The standard InChI is InChI=1S/C32H35F4N3O3S/c1-20-10-14-26(19-28(20)32(34,35)36)38-31(40)27-8-5-17-39(43(41,42)29-18-23(33)13-9-21(29)2)30(27)22-11-15-25(16-12-22)37-24-6-3-4-7-24/h9-16,18-19,24,27,30,37H,3-8,17H2,1-2H3,(H,38,40)/t27-,30-/m0/s1. The van der Waals surface area contributed by atoms with Gasteiger partial charge in [-0.2, -0.15) is 17.5 Å². The minimum atomic E-state index is -4.60. The van der Waals surface area contributed by atoms with E-state index >= 15 is 0 Å². The first-order chi connectivity index (χ1) is 20.3. The summed E-state index contributed by atoms with van der Waals surface area (Å²) in [5, 5.41) is 6.11. The van der Waals surface area contributed by atoms with Gasteiger partial charge in [0.25, 0.3) is 0 Å². The Labute approximate surface area is 249 Å². The van der Waals surface area contributed by atoms with E-state index in [4.69, 9.17) is 0 Å². The SMILES string of the molecule is Cc1ccc(NC(=O)[C@H]2CCCN(S(=O)(=O)c3cc(F)ccc3C)[C@H]2c2ccc(NC3CCCC3)cc2)cc1C(F)(F)F. The van der Waals surface area contributed by atoms with E-state index in [9.17, 15) is 30.8 Å². The summed E-state index contributed by atoms with van der Waals surface area (Å²) in [6.07, 6.45) is 0.510. The zero-order chi connectivity index (χ0) is 30.9. The highest BCUT2D eigenvalue weighted by molar-refractivity contribution is 7.89. The third kappa shape index (κ3) is 6.72. The van der Waals surface area contributed by atoms with Crippen LogP contribution in [-0.2, 0) is 21.0 Å². The molecule has 0 spiro atoms. The quantitative estimate of drug-likeness (QED) is 0.268. The predicted molar refractivity (Wildman–Crippen MR) is 158 cm³/mol. The summed E-state index contributed by atoms with van der Waals surface area (Å²) in [6.45, 7) is 3.01. The maximum absolute atomic E-state index is 14.2. The van der Waals surface area contributed by atoms with E-state index in [2.05, 4.69) is 10.6 Å². The number of sulfonamides is 1. The minimum Gasteiger partial charge on any atom is -0.382 e. The molecule has 2 atom stereocenters. The average molecular weight is 618 g/mol. The Kier molecular flexibility index (Phi) is 8.85. The van der Waals surface area contributed by atoms with E-state index < -0.39 is 45.4 Å². The van der Waals surface area contributed by atoms with Gasteiger partial charge in [0.05, 0.1) is 22.4 Å².